The van der Waals surface area contributed by atoms with Crippen molar-refractivity contribution in [2.75, 3.05) is 23.8 Å². The maximum absolute atomic E-state index is 12.3. The maximum atomic E-state index is 12.3. The van der Waals surface area contributed by atoms with Crippen LogP contribution in [0.1, 0.15) is 68.1 Å². The minimum absolute atomic E-state index is 0.111. The molecule has 3 amide bonds. The van der Waals surface area contributed by atoms with Gasteiger partial charge in [-0.1, -0.05) is 60.7 Å². The van der Waals surface area contributed by atoms with Crippen molar-refractivity contribution in [3.05, 3.63) is 127 Å². The van der Waals surface area contributed by atoms with E-state index in [1.54, 1.807) is 41.6 Å². The van der Waals surface area contributed by atoms with Gasteiger partial charge in [0.2, 0.25) is 0 Å². The predicted molar refractivity (Wildman–Crippen MR) is 230 cm³/mol. The number of hydrogen-bond donors (Lipinski definition) is 4. The lowest BCUT2D eigenvalue weighted by Gasteiger charge is -2.14. The van der Waals surface area contributed by atoms with Crippen molar-refractivity contribution in [1.29, 1.82) is 0 Å². The Morgan fingerprint density at radius 3 is 1.59 bits per heavy atom. The number of nitrogens with two attached hydrogens (primary N) is 1. The van der Waals surface area contributed by atoms with E-state index in [1.807, 2.05) is 60.7 Å². The van der Waals surface area contributed by atoms with Crippen molar-refractivity contribution < 1.29 is 47.7 Å². The van der Waals surface area contributed by atoms with Gasteiger partial charge < -0.3 is 30.0 Å². The summed E-state index contributed by atoms with van der Waals surface area (Å²) in [5.41, 5.74) is 8.03. The summed E-state index contributed by atoms with van der Waals surface area (Å²) in [6.07, 6.45) is 1.73. The molecule has 0 saturated heterocycles. The van der Waals surface area contributed by atoms with E-state index in [2.05, 4.69) is 35.9 Å². The molecular weight excluding hydrogens is 892 g/mol. The van der Waals surface area contributed by atoms with Crippen LogP contribution in [0.15, 0.2) is 94.6 Å². The summed E-state index contributed by atoms with van der Waals surface area (Å²) in [5.74, 6) is -1.74. The highest BCUT2D eigenvalue weighted by Crippen LogP contribution is 2.24. The summed E-state index contributed by atoms with van der Waals surface area (Å²) >= 11 is 9.68. The first-order valence-electron chi connectivity index (χ1n) is 17.7. The van der Waals surface area contributed by atoms with Gasteiger partial charge in [0.05, 0.1) is 24.6 Å². The molecule has 2 aromatic carbocycles. The third-order valence-corrected chi connectivity index (χ3v) is 10.5. The number of benzene rings is 2. The van der Waals surface area contributed by atoms with Crippen molar-refractivity contribution in [2.45, 2.75) is 39.1 Å². The van der Waals surface area contributed by atoms with E-state index in [9.17, 15) is 28.8 Å². The lowest BCUT2D eigenvalue weighted by Crippen LogP contribution is -2.35. The molecule has 0 radical (unpaired) electrons. The highest BCUT2D eigenvalue weighted by Gasteiger charge is 2.28. The number of thiazole rings is 4. The average Bonchev–Trinajstić information content (AvgIpc) is 4.12. The first-order valence-corrected chi connectivity index (χ1v) is 21.6. The number of carbonyl (C=O) groups is 6. The Kier molecular flexibility index (Phi) is 19.8. The summed E-state index contributed by atoms with van der Waals surface area (Å²) in [6, 6.07) is 16.4. The minimum atomic E-state index is -1.13. The molecular formula is C38H37ClN8O10S4. The van der Waals surface area contributed by atoms with Gasteiger partial charge in [-0.2, -0.15) is 0 Å². The Morgan fingerprint density at radius 2 is 1.13 bits per heavy atom. The van der Waals surface area contributed by atoms with E-state index < -0.39 is 47.4 Å². The molecule has 6 rings (SSSR count). The standard InChI is InChI=1S/C19H18N4O5S2.C15H17N3O4S.C4H2ClNOS/c1-2-27-17(25)14(22-15(24)16-20-8-9-29-16)13-11-30-18(21-13)23-19(26)28-10-12-6-4-3-5-7-12;1-2-21-13(19)12(16)11-9-23-14(17-11)18-15(20)22-8-10-6-4-3-5-7-10;5-3(7)4-6-1-2-8-4/h3-9,11,14H,2,10H2,1H3,(H,22,24)(H,21,23,26);3-7,9,12H,2,8,16H2,1H3,(H,17,18,20);1-2H. The second-order valence-corrected chi connectivity index (χ2v) is 15.2. The monoisotopic (exact) mass is 928 g/mol. The molecule has 5 N–H and O–H groups in total. The zero-order valence-corrected chi connectivity index (χ0v) is 36.2. The van der Waals surface area contributed by atoms with Crippen LogP contribution in [0.5, 0.6) is 0 Å². The fourth-order valence-electron chi connectivity index (χ4n) is 4.34. The van der Waals surface area contributed by atoms with Crippen molar-refractivity contribution in [2.24, 2.45) is 5.73 Å². The molecule has 2 unspecified atom stereocenters. The molecule has 23 heteroatoms. The van der Waals surface area contributed by atoms with Gasteiger partial charge in [0.25, 0.3) is 11.1 Å². The molecule has 6 aromatic rings. The van der Waals surface area contributed by atoms with E-state index in [-0.39, 0.29) is 42.3 Å². The fourth-order valence-corrected chi connectivity index (χ4v) is 6.98. The van der Waals surface area contributed by atoms with Gasteiger partial charge in [0, 0.05) is 33.9 Å². The second-order valence-electron chi connectivity index (χ2n) is 11.4. The largest absolute Gasteiger partial charge is 0.465 e. The lowest BCUT2D eigenvalue weighted by molar-refractivity contribution is -0.146. The van der Waals surface area contributed by atoms with E-state index in [0.717, 1.165) is 45.1 Å². The van der Waals surface area contributed by atoms with Crippen LogP contribution >= 0.6 is 56.9 Å². The van der Waals surface area contributed by atoms with Crippen LogP contribution in [0, 0.1) is 0 Å². The van der Waals surface area contributed by atoms with Crippen LogP contribution in [-0.2, 0) is 41.8 Å². The fraction of sp³-hybridized carbons (Fsp3) is 0.211. The van der Waals surface area contributed by atoms with Crippen LogP contribution in [0.2, 0.25) is 0 Å². The van der Waals surface area contributed by atoms with Crippen molar-refractivity contribution in [1.82, 2.24) is 25.3 Å². The molecule has 320 valence electrons. The van der Waals surface area contributed by atoms with Crippen molar-refractivity contribution in [3.8, 4) is 0 Å². The molecule has 61 heavy (non-hydrogen) atoms. The van der Waals surface area contributed by atoms with Gasteiger partial charge in [0.1, 0.15) is 19.3 Å². The molecule has 0 saturated carbocycles. The number of nitrogens with one attached hydrogen (secondary N) is 3. The molecule has 0 aliphatic carbocycles. The Morgan fingerprint density at radius 1 is 0.656 bits per heavy atom. The summed E-state index contributed by atoms with van der Waals surface area (Å²) in [4.78, 5) is 86.0. The predicted octanol–water partition coefficient (Wildman–Crippen LogP) is 7.36. The maximum Gasteiger partial charge on any atom is 0.413 e. The third kappa shape index (κ3) is 16.4. The quantitative estimate of drug-likeness (QED) is 0.0446. The zero-order valence-electron chi connectivity index (χ0n) is 32.2. The number of halogens is 1. The number of carbonyl (C=O) groups excluding carboxylic acids is 6. The van der Waals surface area contributed by atoms with E-state index >= 15 is 0 Å². The van der Waals surface area contributed by atoms with Crippen LogP contribution in [0.3, 0.4) is 0 Å². The molecule has 0 aliphatic heterocycles. The lowest BCUT2D eigenvalue weighted by atomic mass is 10.2. The van der Waals surface area contributed by atoms with Gasteiger partial charge >= 0.3 is 24.1 Å². The topological polar surface area (TPSA) is 253 Å². The summed E-state index contributed by atoms with van der Waals surface area (Å²) < 4.78 is 20.1. The summed E-state index contributed by atoms with van der Waals surface area (Å²) in [5, 5.41) is 14.7. The number of hydrogen-bond acceptors (Lipinski definition) is 19. The van der Waals surface area contributed by atoms with Crippen molar-refractivity contribution in [3.63, 3.8) is 0 Å². The first kappa shape index (κ1) is 47.5. The van der Waals surface area contributed by atoms with E-state index in [4.69, 9.17) is 36.3 Å². The number of rotatable bonds is 15. The van der Waals surface area contributed by atoms with Crippen LogP contribution in [-0.4, -0.2) is 68.4 Å². The van der Waals surface area contributed by atoms with Gasteiger partial charge in [-0.25, -0.2) is 39.1 Å². The number of amides is 3. The zero-order chi connectivity index (χ0) is 44.0. The molecule has 0 aliphatic rings. The van der Waals surface area contributed by atoms with Crippen LogP contribution < -0.4 is 21.7 Å². The van der Waals surface area contributed by atoms with Gasteiger partial charge in [-0.05, 0) is 36.6 Å². The van der Waals surface area contributed by atoms with E-state index in [1.165, 1.54) is 17.5 Å². The number of esters is 2. The van der Waals surface area contributed by atoms with Crippen LogP contribution in [0.25, 0.3) is 0 Å². The first-order chi connectivity index (χ1) is 29.5. The smallest absolute Gasteiger partial charge is 0.413 e. The third-order valence-electron chi connectivity index (χ3n) is 7.07. The molecule has 4 aromatic heterocycles. The Hall–Kier alpha value is -6.17. The summed E-state index contributed by atoms with van der Waals surface area (Å²) in [6.45, 7) is 4.01. The highest BCUT2D eigenvalue weighted by molar-refractivity contribution is 7.14. The molecule has 18 nitrogen and oxygen atoms in total. The number of nitrogens with zero attached hydrogens (tertiary/aromatic N) is 4. The van der Waals surface area contributed by atoms with Crippen molar-refractivity contribution >= 4 is 102 Å². The molecule has 0 spiro atoms. The van der Waals surface area contributed by atoms with Crippen LogP contribution in [0.4, 0.5) is 19.9 Å². The molecule has 4 heterocycles. The van der Waals surface area contributed by atoms with Gasteiger partial charge in [-0.3, -0.25) is 20.2 Å². The normalized spacial score (nSPS) is 11.1. The number of aromatic nitrogens is 4. The minimum Gasteiger partial charge on any atom is -0.465 e. The summed E-state index contributed by atoms with van der Waals surface area (Å²) in [7, 11) is 0. The van der Waals surface area contributed by atoms with Gasteiger partial charge in [0.15, 0.2) is 26.3 Å². The Bertz CT molecular complexity index is 2300. The number of ether oxygens (including phenoxy) is 4. The molecule has 0 fully saturated rings. The Labute approximate surface area is 369 Å². The Balaban J connectivity index is 0.000000232. The SMILES string of the molecule is CCOC(=O)C(N)c1csc(NC(=O)OCc2ccccc2)n1.CCOC(=O)C(NC(=O)c1nccs1)c1csc(NC(=O)OCc2ccccc2)n1.O=C(Cl)c1nccs1. The van der Waals surface area contributed by atoms with Gasteiger partial charge in [-0.15, -0.1) is 45.3 Å². The second kappa shape index (κ2) is 25.5. The molecule has 0 bridgehead atoms. The number of anilines is 2. The highest BCUT2D eigenvalue weighted by atomic mass is 35.5. The van der Waals surface area contributed by atoms with E-state index in [0.29, 0.717) is 15.8 Å². The molecule has 2 atom stereocenters. The average molecular weight is 929 g/mol.